The average Bonchev–Trinajstić information content (AvgIpc) is 2.43. The first-order valence-electron chi connectivity index (χ1n) is 9.21. The third-order valence-corrected chi connectivity index (χ3v) is 5.91. The Balaban J connectivity index is 3.01. The number of hydrogen-bond acceptors (Lipinski definition) is 4. The fourth-order valence-electron chi connectivity index (χ4n) is 5.55. The van der Waals surface area contributed by atoms with Gasteiger partial charge in [-0.05, 0) is 21.8 Å². The van der Waals surface area contributed by atoms with Gasteiger partial charge in [-0.25, -0.2) is 4.79 Å². The van der Waals surface area contributed by atoms with E-state index in [9.17, 15) is 9.59 Å². The number of esters is 2. The van der Waals surface area contributed by atoms with Gasteiger partial charge >= 0.3 is 11.9 Å². The van der Waals surface area contributed by atoms with Crippen LogP contribution >= 0.6 is 0 Å². The van der Waals surface area contributed by atoms with Crippen LogP contribution in [0, 0.1) is 27.1 Å². The molecule has 0 amide bonds. The number of carbonyl (C=O) groups excluding carboxylic acids is 2. The van der Waals surface area contributed by atoms with Crippen LogP contribution in [-0.4, -0.2) is 26.2 Å². The Morgan fingerprint density at radius 3 is 1.58 bits per heavy atom. The van der Waals surface area contributed by atoms with Gasteiger partial charge in [0.25, 0.3) is 0 Å². The van der Waals surface area contributed by atoms with E-state index >= 15 is 0 Å². The fourth-order valence-corrected chi connectivity index (χ4v) is 5.55. The number of ether oxygens (including phenoxy) is 2. The number of methoxy groups -OCH3 is 2. The van der Waals surface area contributed by atoms with Crippen LogP contribution in [0.2, 0.25) is 0 Å². The minimum absolute atomic E-state index is 0.207. The van der Waals surface area contributed by atoms with Crippen molar-refractivity contribution < 1.29 is 19.1 Å². The lowest BCUT2D eigenvalue weighted by atomic mass is 9.26. The number of fused-ring (bicyclic) bond motifs is 1. The highest BCUT2D eigenvalue weighted by atomic mass is 16.5. The van der Waals surface area contributed by atoms with Crippen molar-refractivity contribution in [2.24, 2.45) is 27.1 Å². The van der Waals surface area contributed by atoms with Gasteiger partial charge in [0, 0.05) is 5.57 Å². The maximum absolute atomic E-state index is 13.2. The van der Waals surface area contributed by atoms with Crippen molar-refractivity contribution in [3.8, 4) is 0 Å². The van der Waals surface area contributed by atoms with Crippen LogP contribution in [0.3, 0.4) is 0 Å². The van der Waals surface area contributed by atoms with Crippen LogP contribution in [0.1, 0.15) is 62.3 Å². The summed E-state index contributed by atoms with van der Waals surface area (Å²) in [5.41, 5.74) is 0.383. The molecule has 2 atom stereocenters. The fraction of sp³-hybridized carbons (Fsp3) is 0.727. The summed E-state index contributed by atoms with van der Waals surface area (Å²) in [6.07, 6.45) is 1.80. The number of carbonyl (C=O) groups is 2. The van der Waals surface area contributed by atoms with Crippen molar-refractivity contribution in [1.82, 2.24) is 0 Å². The molecule has 0 saturated heterocycles. The zero-order valence-corrected chi connectivity index (χ0v) is 18.2. The lowest BCUT2D eigenvalue weighted by Gasteiger charge is -2.74. The van der Waals surface area contributed by atoms with Gasteiger partial charge in [0.1, 0.15) is 5.41 Å². The van der Waals surface area contributed by atoms with Crippen molar-refractivity contribution in [2.75, 3.05) is 14.2 Å². The molecule has 0 bridgehead atoms. The third-order valence-electron chi connectivity index (χ3n) is 5.91. The van der Waals surface area contributed by atoms with Crippen LogP contribution in [-0.2, 0) is 19.1 Å². The van der Waals surface area contributed by atoms with Crippen molar-refractivity contribution in [3.63, 3.8) is 0 Å². The zero-order chi connectivity index (χ0) is 20.5. The molecule has 26 heavy (non-hydrogen) atoms. The minimum atomic E-state index is -0.912. The summed E-state index contributed by atoms with van der Waals surface area (Å²) in [6.45, 7) is 19.1. The molecule has 4 nitrogen and oxygen atoms in total. The molecule has 0 heterocycles. The van der Waals surface area contributed by atoms with Gasteiger partial charge in [0.05, 0.1) is 19.6 Å². The highest BCUT2D eigenvalue weighted by molar-refractivity contribution is 6.05. The molecule has 0 aromatic rings. The molecule has 2 aliphatic rings. The Kier molecular flexibility index (Phi) is 4.36. The maximum Gasteiger partial charge on any atom is 0.334 e. The van der Waals surface area contributed by atoms with Crippen molar-refractivity contribution in [1.29, 1.82) is 0 Å². The second-order valence-electron chi connectivity index (χ2n) is 10.6. The number of rotatable bonds is 2. The van der Waals surface area contributed by atoms with Crippen LogP contribution in [0.25, 0.3) is 0 Å². The molecule has 0 radical (unpaired) electrons. The summed E-state index contributed by atoms with van der Waals surface area (Å²) < 4.78 is 10.4. The van der Waals surface area contributed by atoms with Crippen molar-refractivity contribution in [3.05, 3.63) is 22.8 Å². The van der Waals surface area contributed by atoms with E-state index in [1.165, 1.54) is 19.8 Å². The first-order valence-corrected chi connectivity index (χ1v) is 9.21. The van der Waals surface area contributed by atoms with E-state index in [1.807, 2.05) is 0 Å². The van der Waals surface area contributed by atoms with Gasteiger partial charge in [0.2, 0.25) is 0 Å². The Morgan fingerprint density at radius 1 is 0.808 bits per heavy atom. The monoisotopic (exact) mass is 362 g/mol. The number of allylic oxidation sites excluding steroid dienone is 1. The van der Waals surface area contributed by atoms with E-state index in [-0.39, 0.29) is 28.2 Å². The molecule has 2 rings (SSSR count). The molecule has 0 fully saturated rings. The predicted molar refractivity (Wildman–Crippen MR) is 102 cm³/mol. The van der Waals surface area contributed by atoms with E-state index in [1.54, 1.807) is 6.08 Å². The van der Waals surface area contributed by atoms with E-state index in [4.69, 9.17) is 9.47 Å². The van der Waals surface area contributed by atoms with Gasteiger partial charge in [-0.3, -0.25) is 4.79 Å². The standard InChI is InChI=1S/C22H34O4/c1-18(2,3)14-15(19(4,5)6)22(20(7,8)9)13(16(23)25-10)12-21(14,22)17(24)26-11/h12H,1-11H3/t21-,22+/m0/s1. The minimum Gasteiger partial charge on any atom is -0.468 e. The average molecular weight is 363 g/mol. The van der Waals surface area contributed by atoms with E-state index in [0.29, 0.717) is 5.57 Å². The van der Waals surface area contributed by atoms with Crippen LogP contribution in [0.5, 0.6) is 0 Å². The quantitative estimate of drug-likeness (QED) is 0.528. The summed E-state index contributed by atoms with van der Waals surface area (Å²) in [7, 11) is 2.81. The maximum atomic E-state index is 13.2. The highest BCUT2D eigenvalue weighted by Gasteiger charge is 2.82. The van der Waals surface area contributed by atoms with Crippen molar-refractivity contribution in [2.45, 2.75) is 62.3 Å². The summed E-state index contributed by atoms with van der Waals surface area (Å²) >= 11 is 0. The molecule has 0 aromatic heterocycles. The van der Waals surface area contributed by atoms with Crippen molar-refractivity contribution >= 4 is 11.9 Å². The molecule has 2 aliphatic carbocycles. The van der Waals surface area contributed by atoms with Crippen LogP contribution in [0.15, 0.2) is 22.8 Å². The van der Waals surface area contributed by atoms with Crippen LogP contribution < -0.4 is 0 Å². The van der Waals surface area contributed by atoms with Crippen LogP contribution in [0.4, 0.5) is 0 Å². The first kappa shape index (κ1) is 20.7. The second-order valence-corrected chi connectivity index (χ2v) is 10.6. The first-order chi connectivity index (χ1) is 11.5. The Labute approximate surface area is 158 Å². The normalized spacial score (nSPS) is 28.5. The summed E-state index contributed by atoms with van der Waals surface area (Å²) in [5.74, 6) is -0.660. The largest absolute Gasteiger partial charge is 0.468 e. The summed E-state index contributed by atoms with van der Waals surface area (Å²) in [6, 6.07) is 0. The Hall–Kier alpha value is -1.58. The molecule has 0 aliphatic heterocycles. The topological polar surface area (TPSA) is 52.6 Å². The highest BCUT2D eigenvalue weighted by Crippen LogP contribution is 2.82. The zero-order valence-electron chi connectivity index (χ0n) is 18.2. The molecule has 0 unspecified atom stereocenters. The number of hydrogen-bond donors (Lipinski definition) is 0. The van der Waals surface area contributed by atoms with Gasteiger partial charge in [-0.2, -0.15) is 0 Å². The molecule has 146 valence electrons. The lowest BCUT2D eigenvalue weighted by Crippen LogP contribution is -2.73. The smallest absolute Gasteiger partial charge is 0.334 e. The summed E-state index contributed by atoms with van der Waals surface area (Å²) in [5, 5.41) is 0. The molecule has 0 aromatic carbocycles. The Bertz CT molecular complexity index is 719. The molecule has 0 spiro atoms. The molecule has 0 N–H and O–H groups in total. The van der Waals surface area contributed by atoms with Gasteiger partial charge in [0.15, 0.2) is 0 Å². The molecular formula is C22H34O4. The summed E-state index contributed by atoms with van der Waals surface area (Å²) in [4.78, 5) is 25.8. The van der Waals surface area contributed by atoms with Gasteiger partial charge < -0.3 is 9.47 Å². The van der Waals surface area contributed by atoms with E-state index < -0.39 is 10.8 Å². The SMILES string of the molecule is COC(=O)C1=C[C@@]2(C(=O)OC)C(C(C)(C)C)=C(C(C)(C)C)[C@@]12C(C)(C)C. The predicted octanol–water partition coefficient (Wildman–Crippen LogP) is 4.69. The van der Waals surface area contributed by atoms with Gasteiger partial charge in [-0.15, -0.1) is 0 Å². The lowest BCUT2D eigenvalue weighted by molar-refractivity contribution is -0.170. The van der Waals surface area contributed by atoms with E-state index in [2.05, 4.69) is 62.3 Å². The molecular weight excluding hydrogens is 328 g/mol. The van der Waals surface area contributed by atoms with Gasteiger partial charge in [-0.1, -0.05) is 74.0 Å². The second kappa shape index (κ2) is 5.46. The molecule has 0 saturated carbocycles. The molecule has 4 heteroatoms. The van der Waals surface area contributed by atoms with E-state index in [0.717, 1.165) is 5.57 Å². The Morgan fingerprint density at radius 2 is 1.27 bits per heavy atom. The third kappa shape index (κ3) is 2.13.